The molecule has 1 aliphatic rings. The Labute approximate surface area is 118 Å². The van der Waals surface area contributed by atoms with Gasteiger partial charge in [-0.25, -0.2) is 9.97 Å². The molecular weight excluding hydrogens is 291 g/mol. The lowest BCUT2D eigenvalue weighted by atomic mass is 10.2. The summed E-state index contributed by atoms with van der Waals surface area (Å²) in [4.78, 5) is 9.06. The van der Waals surface area contributed by atoms with E-state index in [4.69, 9.17) is 11.6 Å². The normalized spacial score (nSPS) is 16.1. The van der Waals surface area contributed by atoms with Gasteiger partial charge in [0.05, 0.1) is 5.52 Å². The van der Waals surface area contributed by atoms with Crippen molar-refractivity contribution < 1.29 is 13.2 Å². The first-order valence-corrected chi connectivity index (χ1v) is 6.62. The number of hydrogen-bond donors (Lipinski definition) is 0. The van der Waals surface area contributed by atoms with E-state index in [2.05, 4.69) is 14.9 Å². The third kappa shape index (κ3) is 2.40. The maximum Gasteiger partial charge on any atom is 0.451 e. The quantitative estimate of drug-likeness (QED) is 0.748. The molecule has 3 nitrogen and oxygen atoms in total. The lowest BCUT2D eigenvalue weighted by Gasteiger charge is -2.18. The summed E-state index contributed by atoms with van der Waals surface area (Å²) in [5.41, 5.74) is 1.15. The molecule has 1 aromatic carbocycles. The molecule has 0 bridgehead atoms. The zero-order valence-electron chi connectivity index (χ0n) is 10.4. The molecular formula is C13H11ClF3N3. The molecule has 0 radical (unpaired) electrons. The molecule has 3 rings (SSSR count). The van der Waals surface area contributed by atoms with Gasteiger partial charge in [0.2, 0.25) is 5.82 Å². The van der Waals surface area contributed by atoms with Crippen molar-refractivity contribution in [2.24, 2.45) is 0 Å². The highest BCUT2D eigenvalue weighted by molar-refractivity contribution is 6.34. The molecule has 0 N–H and O–H groups in total. The Balaban J connectivity index is 2.09. The average Bonchev–Trinajstić information content (AvgIpc) is 2.91. The molecule has 0 atom stereocenters. The average molecular weight is 302 g/mol. The molecule has 0 amide bonds. The highest BCUT2D eigenvalue weighted by atomic mass is 35.5. The summed E-state index contributed by atoms with van der Waals surface area (Å²) in [5.74, 6) is -1.20. The topological polar surface area (TPSA) is 29.0 Å². The van der Waals surface area contributed by atoms with E-state index in [1.165, 1.54) is 0 Å². The molecule has 0 unspecified atom stereocenters. The third-order valence-corrected chi connectivity index (χ3v) is 3.65. The Kier molecular flexibility index (Phi) is 3.20. The minimum Gasteiger partial charge on any atom is -0.372 e. The highest BCUT2D eigenvalue weighted by Crippen LogP contribution is 2.32. The van der Waals surface area contributed by atoms with Crippen LogP contribution in [0.1, 0.15) is 18.7 Å². The Morgan fingerprint density at radius 3 is 2.45 bits per heavy atom. The first kappa shape index (κ1) is 13.4. The molecule has 0 aliphatic carbocycles. The monoisotopic (exact) mass is 301 g/mol. The van der Waals surface area contributed by atoms with Gasteiger partial charge in [0.15, 0.2) is 0 Å². The van der Waals surface area contributed by atoms with Crippen molar-refractivity contribution in [3.05, 3.63) is 29.2 Å². The maximum atomic E-state index is 12.6. The van der Waals surface area contributed by atoms with E-state index in [0.717, 1.165) is 31.6 Å². The van der Waals surface area contributed by atoms with Gasteiger partial charge in [-0.15, -0.1) is 0 Å². The van der Waals surface area contributed by atoms with Crippen molar-refractivity contribution in [3.63, 3.8) is 0 Å². The van der Waals surface area contributed by atoms with Crippen LogP contribution in [0.3, 0.4) is 0 Å². The van der Waals surface area contributed by atoms with Crippen molar-refractivity contribution in [2.45, 2.75) is 19.0 Å². The summed E-state index contributed by atoms with van der Waals surface area (Å²) >= 11 is 5.88. The van der Waals surface area contributed by atoms with Crippen LogP contribution in [-0.2, 0) is 6.18 Å². The zero-order chi connectivity index (χ0) is 14.3. The van der Waals surface area contributed by atoms with Gasteiger partial charge in [-0.05, 0) is 31.0 Å². The fourth-order valence-electron chi connectivity index (χ4n) is 2.38. The third-order valence-electron chi connectivity index (χ3n) is 3.36. The van der Waals surface area contributed by atoms with Crippen molar-refractivity contribution in [3.8, 4) is 0 Å². The molecule has 0 spiro atoms. The molecule has 1 saturated heterocycles. The smallest absolute Gasteiger partial charge is 0.372 e. The summed E-state index contributed by atoms with van der Waals surface area (Å²) in [6, 6.07) is 5.09. The second-order valence-electron chi connectivity index (χ2n) is 4.73. The lowest BCUT2D eigenvalue weighted by Crippen LogP contribution is -2.17. The van der Waals surface area contributed by atoms with Crippen LogP contribution in [0.5, 0.6) is 0 Å². The van der Waals surface area contributed by atoms with Gasteiger partial charge in [-0.1, -0.05) is 11.6 Å². The van der Waals surface area contributed by atoms with Gasteiger partial charge in [-0.2, -0.15) is 13.2 Å². The highest BCUT2D eigenvalue weighted by Gasteiger charge is 2.35. The van der Waals surface area contributed by atoms with Crippen molar-refractivity contribution in [1.29, 1.82) is 0 Å². The van der Waals surface area contributed by atoms with Gasteiger partial charge in [0.1, 0.15) is 5.15 Å². The molecule has 2 heterocycles. The fraction of sp³-hybridized carbons (Fsp3) is 0.385. The largest absolute Gasteiger partial charge is 0.451 e. The predicted molar refractivity (Wildman–Crippen MR) is 71.0 cm³/mol. The first-order valence-electron chi connectivity index (χ1n) is 6.24. The molecule has 20 heavy (non-hydrogen) atoms. The Morgan fingerprint density at radius 2 is 1.80 bits per heavy atom. The van der Waals surface area contributed by atoms with E-state index < -0.39 is 12.0 Å². The summed E-state index contributed by atoms with van der Waals surface area (Å²) in [6.45, 7) is 1.90. The minimum atomic E-state index is -4.59. The second kappa shape index (κ2) is 4.77. The number of halogens is 4. The van der Waals surface area contributed by atoms with Gasteiger partial charge in [0.25, 0.3) is 0 Å². The van der Waals surface area contributed by atoms with Gasteiger partial charge in [-0.3, -0.25) is 0 Å². The first-order chi connectivity index (χ1) is 9.45. The minimum absolute atomic E-state index is 0.164. The second-order valence-corrected chi connectivity index (χ2v) is 5.09. The number of hydrogen-bond acceptors (Lipinski definition) is 3. The number of alkyl halides is 3. The molecule has 7 heteroatoms. The van der Waals surface area contributed by atoms with Gasteiger partial charge < -0.3 is 4.90 Å². The summed E-state index contributed by atoms with van der Waals surface area (Å²) in [7, 11) is 0. The summed E-state index contributed by atoms with van der Waals surface area (Å²) in [5, 5.41) is 0.285. The molecule has 1 aromatic heterocycles. The van der Waals surface area contributed by atoms with Crippen LogP contribution in [0.4, 0.5) is 18.9 Å². The molecule has 2 aromatic rings. The van der Waals surface area contributed by atoms with Gasteiger partial charge >= 0.3 is 6.18 Å². The summed E-state index contributed by atoms with van der Waals surface area (Å²) < 4.78 is 37.9. The van der Waals surface area contributed by atoms with Crippen LogP contribution >= 0.6 is 11.6 Å². The Morgan fingerprint density at radius 1 is 1.10 bits per heavy atom. The fourth-order valence-corrected chi connectivity index (χ4v) is 2.61. The van der Waals surface area contributed by atoms with Crippen LogP contribution in [-0.4, -0.2) is 23.1 Å². The van der Waals surface area contributed by atoms with E-state index in [1.807, 2.05) is 0 Å². The van der Waals surface area contributed by atoms with Crippen molar-refractivity contribution in [2.75, 3.05) is 18.0 Å². The number of aromatic nitrogens is 2. The number of anilines is 1. The van der Waals surface area contributed by atoms with E-state index >= 15 is 0 Å². The van der Waals surface area contributed by atoms with Crippen LogP contribution in [0.2, 0.25) is 5.15 Å². The zero-order valence-corrected chi connectivity index (χ0v) is 11.2. The number of nitrogens with zero attached hydrogens (tertiary/aromatic N) is 3. The van der Waals surface area contributed by atoms with Gasteiger partial charge in [0, 0.05) is 24.2 Å². The molecule has 0 saturated carbocycles. The predicted octanol–water partition coefficient (Wildman–Crippen LogP) is 3.90. The molecule has 106 valence electrons. The standard InChI is InChI=1S/C13H11ClF3N3/c14-11-9-7-8(20-5-1-2-6-20)3-4-10(9)18-12(19-11)13(15,16)17/h3-4,7H,1-2,5-6H2. The van der Waals surface area contributed by atoms with E-state index in [0.29, 0.717) is 5.39 Å². The Bertz CT molecular complexity index is 651. The summed E-state index contributed by atoms with van der Waals surface area (Å²) in [6.07, 6.45) is -2.35. The van der Waals surface area contributed by atoms with E-state index in [-0.39, 0.29) is 10.7 Å². The SMILES string of the molecule is FC(F)(F)c1nc(Cl)c2cc(N3CCCC3)ccc2n1. The van der Waals surface area contributed by atoms with Crippen LogP contribution in [0.15, 0.2) is 18.2 Å². The maximum absolute atomic E-state index is 12.6. The van der Waals surface area contributed by atoms with Crippen molar-refractivity contribution >= 4 is 28.2 Å². The van der Waals surface area contributed by atoms with Crippen molar-refractivity contribution in [1.82, 2.24) is 9.97 Å². The van der Waals surface area contributed by atoms with E-state index in [9.17, 15) is 13.2 Å². The van der Waals surface area contributed by atoms with E-state index in [1.54, 1.807) is 18.2 Å². The molecule has 1 aliphatic heterocycles. The number of rotatable bonds is 1. The van der Waals surface area contributed by atoms with Crippen LogP contribution in [0, 0.1) is 0 Å². The van der Waals surface area contributed by atoms with Crippen LogP contribution < -0.4 is 4.90 Å². The lowest BCUT2D eigenvalue weighted by molar-refractivity contribution is -0.144. The number of fused-ring (bicyclic) bond motifs is 1. The molecule has 1 fully saturated rings. The Hall–Kier alpha value is -1.56. The number of benzene rings is 1. The van der Waals surface area contributed by atoms with Crippen LogP contribution in [0.25, 0.3) is 10.9 Å².